The van der Waals surface area contributed by atoms with E-state index in [1.165, 1.54) is 0 Å². The lowest BCUT2D eigenvalue weighted by molar-refractivity contribution is -0.113. The van der Waals surface area contributed by atoms with Gasteiger partial charge in [-0.3, -0.25) is 9.00 Å². The topological polar surface area (TPSA) is 46.2 Å². The van der Waals surface area contributed by atoms with Gasteiger partial charge in [-0.25, -0.2) is 0 Å². The molecule has 0 saturated carbocycles. The number of anilines is 1. The van der Waals surface area contributed by atoms with Gasteiger partial charge in [0.15, 0.2) is 0 Å². The number of nitrogens with one attached hydrogen (secondary N) is 1. The summed E-state index contributed by atoms with van der Waals surface area (Å²) >= 11 is 5.79. The molecule has 0 saturated heterocycles. The maximum absolute atomic E-state index is 12.0. The van der Waals surface area contributed by atoms with Crippen LogP contribution in [0.3, 0.4) is 0 Å². The number of rotatable bonds is 5. The molecule has 0 aliphatic carbocycles. The zero-order valence-corrected chi connectivity index (χ0v) is 13.2. The Morgan fingerprint density at radius 1 is 1.10 bits per heavy atom. The second-order valence-corrected chi connectivity index (χ2v) is 6.66. The molecule has 0 aliphatic rings. The van der Waals surface area contributed by atoms with Crippen molar-refractivity contribution >= 4 is 34.0 Å². The van der Waals surface area contributed by atoms with Gasteiger partial charge in [0.2, 0.25) is 5.91 Å². The van der Waals surface area contributed by atoms with E-state index < -0.39 is 10.8 Å². The molecule has 0 aromatic heterocycles. The van der Waals surface area contributed by atoms with Crippen LogP contribution in [-0.4, -0.2) is 15.9 Å². The molecule has 2 aromatic carbocycles. The van der Waals surface area contributed by atoms with Crippen LogP contribution in [0.15, 0.2) is 48.5 Å². The summed E-state index contributed by atoms with van der Waals surface area (Å²) < 4.78 is 12.0. The van der Waals surface area contributed by atoms with Crippen LogP contribution >= 0.6 is 11.6 Å². The number of amides is 1. The fraction of sp³-hybridized carbons (Fsp3) is 0.188. The Labute approximate surface area is 131 Å². The maximum Gasteiger partial charge on any atom is 0.237 e. The molecule has 0 bridgehead atoms. The number of benzene rings is 2. The summed E-state index contributed by atoms with van der Waals surface area (Å²) in [5.41, 5.74) is 2.74. The van der Waals surface area contributed by atoms with Crippen molar-refractivity contribution in [3.05, 3.63) is 64.7 Å². The van der Waals surface area contributed by atoms with Crippen molar-refractivity contribution in [2.24, 2.45) is 0 Å². The van der Waals surface area contributed by atoms with Gasteiger partial charge in [-0.15, -0.1) is 0 Å². The molecular weight excluding hydrogens is 306 g/mol. The highest BCUT2D eigenvalue weighted by molar-refractivity contribution is 7.84. The predicted octanol–water partition coefficient (Wildman–Crippen LogP) is 3.54. The molecule has 5 heteroatoms. The Hall–Kier alpha value is -1.65. The molecule has 21 heavy (non-hydrogen) atoms. The first-order chi connectivity index (χ1) is 10.0. The van der Waals surface area contributed by atoms with Crippen LogP contribution in [0.5, 0.6) is 0 Å². The van der Waals surface area contributed by atoms with Crippen LogP contribution in [0, 0.1) is 6.92 Å². The number of carbonyl (C=O) groups is 1. The molecular formula is C16H16ClNO2S. The number of halogens is 1. The van der Waals surface area contributed by atoms with Gasteiger partial charge in [0.1, 0.15) is 5.75 Å². The molecule has 0 fully saturated rings. The van der Waals surface area contributed by atoms with E-state index in [4.69, 9.17) is 11.6 Å². The Morgan fingerprint density at radius 2 is 1.71 bits per heavy atom. The Morgan fingerprint density at radius 3 is 2.33 bits per heavy atom. The fourth-order valence-electron chi connectivity index (χ4n) is 1.80. The monoisotopic (exact) mass is 321 g/mol. The largest absolute Gasteiger partial charge is 0.325 e. The van der Waals surface area contributed by atoms with Crippen LogP contribution in [0.1, 0.15) is 11.1 Å². The van der Waals surface area contributed by atoms with Gasteiger partial charge >= 0.3 is 0 Å². The average Bonchev–Trinajstić information content (AvgIpc) is 2.44. The van der Waals surface area contributed by atoms with Crippen molar-refractivity contribution < 1.29 is 9.00 Å². The summed E-state index contributed by atoms with van der Waals surface area (Å²) in [6.45, 7) is 1.98. The minimum Gasteiger partial charge on any atom is -0.325 e. The van der Waals surface area contributed by atoms with E-state index in [1.54, 1.807) is 12.1 Å². The quantitative estimate of drug-likeness (QED) is 0.915. The molecule has 1 atom stereocenters. The van der Waals surface area contributed by atoms with Gasteiger partial charge < -0.3 is 5.32 Å². The molecule has 3 nitrogen and oxygen atoms in total. The summed E-state index contributed by atoms with van der Waals surface area (Å²) in [4.78, 5) is 11.8. The molecule has 0 radical (unpaired) electrons. The highest BCUT2D eigenvalue weighted by Gasteiger charge is 2.09. The van der Waals surface area contributed by atoms with Crippen LogP contribution < -0.4 is 5.32 Å². The van der Waals surface area contributed by atoms with Crippen molar-refractivity contribution in [2.75, 3.05) is 11.1 Å². The third-order valence-corrected chi connectivity index (χ3v) is 4.36. The minimum absolute atomic E-state index is 0.0174. The van der Waals surface area contributed by atoms with E-state index in [1.807, 2.05) is 43.3 Å². The van der Waals surface area contributed by atoms with Crippen molar-refractivity contribution in [3.63, 3.8) is 0 Å². The summed E-state index contributed by atoms with van der Waals surface area (Å²) in [6.07, 6.45) is 0. The van der Waals surface area contributed by atoms with Crippen molar-refractivity contribution in [2.45, 2.75) is 12.7 Å². The summed E-state index contributed by atoms with van der Waals surface area (Å²) in [7, 11) is -1.24. The van der Waals surface area contributed by atoms with Gasteiger partial charge in [0, 0.05) is 27.3 Å². The second-order valence-electron chi connectivity index (χ2n) is 4.77. The molecule has 0 aliphatic heterocycles. The zero-order chi connectivity index (χ0) is 15.2. The molecule has 2 aromatic rings. The van der Waals surface area contributed by atoms with Gasteiger partial charge in [0.25, 0.3) is 0 Å². The van der Waals surface area contributed by atoms with E-state index >= 15 is 0 Å². The highest BCUT2D eigenvalue weighted by Crippen LogP contribution is 2.12. The SMILES string of the molecule is Cc1ccc(NC(=O)CS(=O)Cc2ccc(Cl)cc2)cc1. The van der Waals surface area contributed by atoms with Crippen molar-refractivity contribution in [1.29, 1.82) is 0 Å². The first kappa shape index (κ1) is 15.7. The van der Waals surface area contributed by atoms with Crippen LogP contribution in [0.4, 0.5) is 5.69 Å². The Balaban J connectivity index is 1.85. The smallest absolute Gasteiger partial charge is 0.237 e. The molecule has 2 rings (SSSR count). The molecule has 0 spiro atoms. The molecule has 1 unspecified atom stereocenters. The minimum atomic E-state index is -1.24. The lowest BCUT2D eigenvalue weighted by Gasteiger charge is -2.06. The second kappa shape index (κ2) is 7.38. The number of aryl methyl sites for hydroxylation is 1. The first-order valence-electron chi connectivity index (χ1n) is 6.49. The summed E-state index contributed by atoms with van der Waals surface area (Å²) in [5.74, 6) is 0.0841. The van der Waals surface area contributed by atoms with Crippen LogP contribution in [0.25, 0.3) is 0 Å². The Kier molecular flexibility index (Phi) is 5.53. The average molecular weight is 322 g/mol. The summed E-state index contributed by atoms with van der Waals surface area (Å²) in [5, 5.41) is 3.38. The molecule has 0 heterocycles. The van der Waals surface area contributed by atoms with E-state index in [0.717, 1.165) is 11.1 Å². The number of hydrogen-bond acceptors (Lipinski definition) is 2. The van der Waals surface area contributed by atoms with Crippen molar-refractivity contribution in [3.8, 4) is 0 Å². The molecule has 1 amide bonds. The van der Waals surface area contributed by atoms with Gasteiger partial charge in [0.05, 0.1) is 0 Å². The number of hydrogen-bond donors (Lipinski definition) is 1. The Bertz CT molecular complexity index is 581. The van der Waals surface area contributed by atoms with E-state index in [9.17, 15) is 9.00 Å². The van der Waals surface area contributed by atoms with E-state index in [2.05, 4.69) is 5.32 Å². The fourth-order valence-corrected chi connectivity index (χ4v) is 2.95. The van der Waals surface area contributed by atoms with Crippen molar-refractivity contribution in [1.82, 2.24) is 0 Å². The molecule has 1 N–H and O–H groups in total. The highest BCUT2D eigenvalue weighted by atomic mass is 35.5. The number of carbonyl (C=O) groups excluding carboxylic acids is 1. The third-order valence-electron chi connectivity index (χ3n) is 2.87. The van der Waals surface area contributed by atoms with E-state index in [0.29, 0.717) is 16.5 Å². The normalized spacial score (nSPS) is 11.9. The van der Waals surface area contributed by atoms with Crippen LogP contribution in [-0.2, 0) is 21.3 Å². The van der Waals surface area contributed by atoms with Gasteiger partial charge in [-0.2, -0.15) is 0 Å². The molecule has 110 valence electrons. The zero-order valence-electron chi connectivity index (χ0n) is 11.6. The van der Waals surface area contributed by atoms with Crippen LogP contribution in [0.2, 0.25) is 5.02 Å². The van der Waals surface area contributed by atoms with Gasteiger partial charge in [-0.1, -0.05) is 41.4 Å². The standard InChI is InChI=1S/C16H16ClNO2S/c1-12-2-8-15(9-3-12)18-16(19)11-21(20)10-13-4-6-14(17)7-5-13/h2-9H,10-11H2,1H3,(H,18,19). The van der Waals surface area contributed by atoms with Gasteiger partial charge in [-0.05, 0) is 36.8 Å². The lowest BCUT2D eigenvalue weighted by Crippen LogP contribution is -2.20. The first-order valence-corrected chi connectivity index (χ1v) is 8.35. The third kappa shape index (κ3) is 5.33. The van der Waals surface area contributed by atoms with E-state index in [-0.39, 0.29) is 11.7 Å². The predicted molar refractivity (Wildman–Crippen MR) is 88.0 cm³/mol. The lowest BCUT2D eigenvalue weighted by atomic mass is 10.2. The summed E-state index contributed by atoms with van der Waals surface area (Å²) in [6, 6.07) is 14.6. The maximum atomic E-state index is 12.0.